The zero-order chi connectivity index (χ0) is 9.68. The van der Waals surface area contributed by atoms with E-state index in [0.717, 1.165) is 9.53 Å². The molecule has 0 saturated heterocycles. The van der Waals surface area contributed by atoms with Crippen LogP contribution in [0.15, 0.2) is 24.3 Å². The summed E-state index contributed by atoms with van der Waals surface area (Å²) in [6.45, 7) is 2.31. The van der Waals surface area contributed by atoms with Crippen LogP contribution in [0.3, 0.4) is 0 Å². The molecule has 0 radical (unpaired) electrons. The van der Waals surface area contributed by atoms with E-state index in [-0.39, 0.29) is 20.9 Å². The SMILES string of the molecule is C[Te]C(C)Cc1ccc(C#N)cc1. The molecule has 0 N–H and O–H groups in total. The number of hydrogen-bond donors (Lipinski definition) is 0. The van der Waals surface area contributed by atoms with Gasteiger partial charge in [-0.15, -0.1) is 0 Å². The van der Waals surface area contributed by atoms with Crippen molar-refractivity contribution in [1.82, 2.24) is 0 Å². The third-order valence-corrected chi connectivity index (χ3v) is 4.78. The maximum absolute atomic E-state index is 8.61. The average Bonchev–Trinajstić information content (AvgIpc) is 2.19. The first-order valence-electron chi connectivity index (χ1n) is 4.28. The summed E-state index contributed by atoms with van der Waals surface area (Å²) < 4.78 is 0.860. The number of rotatable bonds is 3. The van der Waals surface area contributed by atoms with Crippen LogP contribution < -0.4 is 0 Å². The Kier molecular flexibility index (Phi) is 4.29. The van der Waals surface area contributed by atoms with Crippen molar-refractivity contribution < 1.29 is 0 Å². The minimum absolute atomic E-state index is 0.185. The number of benzene rings is 1. The molecule has 1 nitrogen and oxygen atoms in total. The number of hydrogen-bond acceptors (Lipinski definition) is 1. The van der Waals surface area contributed by atoms with Gasteiger partial charge in [0.05, 0.1) is 0 Å². The fraction of sp³-hybridized carbons (Fsp3) is 0.364. The molecule has 0 aliphatic rings. The van der Waals surface area contributed by atoms with Crippen molar-refractivity contribution >= 4 is 20.9 Å². The first-order valence-corrected chi connectivity index (χ1v) is 7.95. The normalized spacial score (nSPS) is 12.1. The van der Waals surface area contributed by atoms with Crippen LogP contribution in [0.25, 0.3) is 0 Å². The Balaban J connectivity index is 2.65. The zero-order valence-electron chi connectivity index (χ0n) is 7.95. The standard InChI is InChI=1S/C11H13NTe/c1-9(13-2)7-10-3-5-11(8-12)6-4-10/h3-6,9H,7H2,1-2H3. The van der Waals surface area contributed by atoms with E-state index in [9.17, 15) is 0 Å². The molecule has 0 aliphatic heterocycles. The molecule has 0 bridgehead atoms. The average molecular weight is 287 g/mol. The van der Waals surface area contributed by atoms with Crippen LogP contribution in [0.5, 0.6) is 0 Å². The van der Waals surface area contributed by atoms with Crippen LogP contribution in [-0.2, 0) is 6.42 Å². The molecule has 68 valence electrons. The van der Waals surface area contributed by atoms with Crippen molar-refractivity contribution in [2.45, 2.75) is 22.3 Å². The van der Waals surface area contributed by atoms with Gasteiger partial charge in [0.25, 0.3) is 0 Å². The van der Waals surface area contributed by atoms with E-state index in [4.69, 9.17) is 5.26 Å². The topological polar surface area (TPSA) is 23.8 Å². The Morgan fingerprint density at radius 1 is 1.38 bits per heavy atom. The van der Waals surface area contributed by atoms with Crippen molar-refractivity contribution in [2.24, 2.45) is 0 Å². The van der Waals surface area contributed by atoms with Crippen LogP contribution in [0, 0.1) is 11.3 Å². The van der Waals surface area contributed by atoms with Crippen molar-refractivity contribution in [3.8, 4) is 6.07 Å². The molecule has 13 heavy (non-hydrogen) atoms. The van der Waals surface area contributed by atoms with Crippen molar-refractivity contribution in [2.75, 3.05) is 0 Å². The molecule has 0 saturated carbocycles. The van der Waals surface area contributed by atoms with Gasteiger partial charge in [-0.25, -0.2) is 0 Å². The third-order valence-electron chi connectivity index (χ3n) is 2.01. The summed E-state index contributed by atoms with van der Waals surface area (Å²) in [6, 6.07) is 10.1. The first kappa shape index (κ1) is 10.6. The van der Waals surface area contributed by atoms with Gasteiger partial charge in [0.1, 0.15) is 0 Å². The van der Waals surface area contributed by atoms with Crippen LogP contribution in [-0.4, -0.2) is 20.9 Å². The van der Waals surface area contributed by atoms with Crippen LogP contribution in [0.2, 0.25) is 8.94 Å². The Morgan fingerprint density at radius 2 is 2.00 bits per heavy atom. The molecule has 0 aliphatic carbocycles. The van der Waals surface area contributed by atoms with E-state index in [1.165, 1.54) is 12.0 Å². The summed E-state index contributed by atoms with van der Waals surface area (Å²) in [5.74, 6) is 0. The van der Waals surface area contributed by atoms with Gasteiger partial charge in [0, 0.05) is 0 Å². The molecule has 1 atom stereocenters. The zero-order valence-corrected chi connectivity index (χ0v) is 10.3. The second-order valence-corrected chi connectivity index (χ2v) is 6.70. The Hall–Kier alpha value is -0.500. The summed E-state index contributed by atoms with van der Waals surface area (Å²) in [4.78, 5) is 2.33. The van der Waals surface area contributed by atoms with Gasteiger partial charge in [0.2, 0.25) is 0 Å². The fourth-order valence-corrected chi connectivity index (χ4v) is 2.16. The maximum atomic E-state index is 8.61. The summed E-state index contributed by atoms with van der Waals surface area (Å²) in [7, 11) is 0. The van der Waals surface area contributed by atoms with E-state index in [1.807, 2.05) is 12.1 Å². The minimum atomic E-state index is 0.185. The summed E-state index contributed by atoms with van der Waals surface area (Å²) in [6.07, 6.45) is 1.17. The monoisotopic (exact) mass is 289 g/mol. The van der Waals surface area contributed by atoms with E-state index in [1.54, 1.807) is 0 Å². The molecular weight excluding hydrogens is 274 g/mol. The van der Waals surface area contributed by atoms with Gasteiger partial charge < -0.3 is 0 Å². The number of nitriles is 1. The van der Waals surface area contributed by atoms with Gasteiger partial charge in [-0.3, -0.25) is 0 Å². The van der Waals surface area contributed by atoms with Gasteiger partial charge in [-0.05, 0) is 0 Å². The molecule has 0 fully saturated rings. The van der Waals surface area contributed by atoms with E-state index >= 15 is 0 Å². The Labute approximate surface area is 89.9 Å². The van der Waals surface area contributed by atoms with Crippen LogP contribution >= 0.6 is 0 Å². The van der Waals surface area contributed by atoms with Crippen molar-refractivity contribution in [1.29, 1.82) is 5.26 Å². The summed E-state index contributed by atoms with van der Waals surface area (Å²) >= 11 is 0.185. The molecule has 0 heterocycles. The van der Waals surface area contributed by atoms with E-state index < -0.39 is 0 Å². The molecule has 1 aromatic carbocycles. The fourth-order valence-electron chi connectivity index (χ4n) is 1.13. The second kappa shape index (κ2) is 5.28. The van der Waals surface area contributed by atoms with Gasteiger partial charge in [-0.2, -0.15) is 0 Å². The molecule has 1 unspecified atom stereocenters. The molecule has 0 amide bonds. The molecule has 2 heteroatoms. The third kappa shape index (κ3) is 3.39. The van der Waals surface area contributed by atoms with Crippen LogP contribution in [0.1, 0.15) is 18.1 Å². The van der Waals surface area contributed by atoms with E-state index in [0.29, 0.717) is 0 Å². The second-order valence-electron chi connectivity index (χ2n) is 3.06. The van der Waals surface area contributed by atoms with Gasteiger partial charge >= 0.3 is 89.9 Å². The van der Waals surface area contributed by atoms with Crippen molar-refractivity contribution in [3.63, 3.8) is 0 Å². The molecular formula is C11H13NTe. The molecule has 0 aromatic heterocycles. The van der Waals surface area contributed by atoms with Crippen LogP contribution in [0.4, 0.5) is 0 Å². The molecule has 1 rings (SSSR count). The van der Waals surface area contributed by atoms with E-state index in [2.05, 4.69) is 30.1 Å². The summed E-state index contributed by atoms with van der Waals surface area (Å²) in [5, 5.41) is 8.61. The Bertz CT molecular complexity index is 297. The van der Waals surface area contributed by atoms with Gasteiger partial charge in [0.15, 0.2) is 0 Å². The summed E-state index contributed by atoms with van der Waals surface area (Å²) in [5.41, 5.74) is 2.11. The van der Waals surface area contributed by atoms with Crippen molar-refractivity contribution in [3.05, 3.63) is 35.4 Å². The quantitative estimate of drug-likeness (QED) is 0.784. The molecule has 0 spiro atoms. The van der Waals surface area contributed by atoms with Gasteiger partial charge in [-0.1, -0.05) is 0 Å². The Morgan fingerprint density at radius 3 is 2.46 bits per heavy atom. The number of nitrogens with zero attached hydrogens (tertiary/aromatic N) is 1. The predicted octanol–water partition coefficient (Wildman–Crippen LogP) is 2.66. The predicted molar refractivity (Wildman–Crippen MR) is 55.9 cm³/mol. The first-order chi connectivity index (χ1) is 6.26. The molecule has 1 aromatic rings.